The Hall–Kier alpha value is -3.60. The summed E-state index contributed by atoms with van der Waals surface area (Å²) < 4.78 is 19.3. The van der Waals surface area contributed by atoms with Crippen LogP contribution in [0.25, 0.3) is 11.4 Å². The van der Waals surface area contributed by atoms with Crippen molar-refractivity contribution < 1.29 is 18.7 Å². The molecule has 0 atom stereocenters. The fourth-order valence-electron chi connectivity index (χ4n) is 2.41. The van der Waals surface area contributed by atoms with Crippen LogP contribution in [-0.4, -0.2) is 46.1 Å². The molecule has 0 aliphatic rings. The van der Waals surface area contributed by atoms with Crippen LogP contribution in [0, 0.1) is 5.82 Å². The normalized spacial score (nSPS) is 10.5. The van der Waals surface area contributed by atoms with Crippen molar-refractivity contribution >= 4 is 29.3 Å². The van der Waals surface area contributed by atoms with Crippen molar-refractivity contribution in [1.29, 1.82) is 0 Å². The number of hydrogen-bond donors (Lipinski definition) is 3. The third kappa shape index (κ3) is 5.47. The Morgan fingerprint density at radius 2 is 1.80 bits per heavy atom. The van der Waals surface area contributed by atoms with Gasteiger partial charge in [0.25, 0.3) is 0 Å². The van der Waals surface area contributed by atoms with Gasteiger partial charge in [0, 0.05) is 11.3 Å². The molecule has 3 aromatic rings. The van der Waals surface area contributed by atoms with Crippen molar-refractivity contribution in [3.05, 3.63) is 54.3 Å². The molecule has 9 nitrogen and oxygen atoms in total. The van der Waals surface area contributed by atoms with E-state index < -0.39 is 11.7 Å². The maximum Gasteiger partial charge on any atom is 0.243 e. The standard InChI is InChI=1S/C19H19FN6O3S/c1-29-15-8-2-12(3-9-15)18-24-25-19(26(18)21)30-11-17(28)22-10-16(27)23-14-6-4-13(20)5-7-14/h2-9H,10-11,21H2,1H3,(H,22,28)(H,23,27). The van der Waals surface area contributed by atoms with Crippen molar-refractivity contribution in [3.8, 4) is 17.1 Å². The number of nitrogen functional groups attached to an aromatic ring is 1. The maximum atomic E-state index is 12.9. The summed E-state index contributed by atoms with van der Waals surface area (Å²) in [6.07, 6.45) is 0. The summed E-state index contributed by atoms with van der Waals surface area (Å²) >= 11 is 1.09. The number of nitrogens with one attached hydrogen (secondary N) is 2. The van der Waals surface area contributed by atoms with E-state index in [0.29, 0.717) is 22.4 Å². The second kappa shape index (κ2) is 9.74. The van der Waals surface area contributed by atoms with Crippen LogP contribution in [-0.2, 0) is 9.59 Å². The first-order valence-electron chi connectivity index (χ1n) is 8.76. The number of ether oxygens (including phenoxy) is 1. The maximum absolute atomic E-state index is 12.9. The summed E-state index contributed by atoms with van der Waals surface area (Å²) in [5.41, 5.74) is 1.19. The Labute approximate surface area is 175 Å². The van der Waals surface area contributed by atoms with E-state index in [1.54, 1.807) is 31.4 Å². The number of rotatable bonds is 8. The van der Waals surface area contributed by atoms with E-state index in [1.807, 2.05) is 0 Å². The quantitative estimate of drug-likeness (QED) is 0.367. The highest BCUT2D eigenvalue weighted by Gasteiger charge is 2.14. The molecule has 1 heterocycles. The van der Waals surface area contributed by atoms with E-state index in [4.69, 9.17) is 10.6 Å². The molecule has 0 saturated heterocycles. The van der Waals surface area contributed by atoms with E-state index in [9.17, 15) is 14.0 Å². The summed E-state index contributed by atoms with van der Waals surface area (Å²) in [7, 11) is 1.58. The number of thioether (sulfide) groups is 1. The highest BCUT2D eigenvalue weighted by molar-refractivity contribution is 7.99. The molecule has 0 radical (unpaired) electrons. The van der Waals surface area contributed by atoms with Crippen LogP contribution in [0.3, 0.4) is 0 Å². The average molecular weight is 430 g/mol. The first kappa shape index (κ1) is 21.1. The lowest BCUT2D eigenvalue weighted by molar-refractivity contribution is -0.122. The van der Waals surface area contributed by atoms with E-state index in [2.05, 4.69) is 20.8 Å². The first-order chi connectivity index (χ1) is 14.5. The van der Waals surface area contributed by atoms with Crippen LogP contribution >= 0.6 is 11.8 Å². The van der Waals surface area contributed by atoms with Crippen LogP contribution in [0.5, 0.6) is 5.75 Å². The van der Waals surface area contributed by atoms with Gasteiger partial charge in [-0.25, -0.2) is 9.07 Å². The molecule has 1 aromatic heterocycles. The minimum absolute atomic E-state index is 0.00176. The van der Waals surface area contributed by atoms with Gasteiger partial charge >= 0.3 is 0 Å². The van der Waals surface area contributed by atoms with Crippen LogP contribution in [0.4, 0.5) is 10.1 Å². The van der Waals surface area contributed by atoms with Crippen LogP contribution < -0.4 is 21.2 Å². The number of halogens is 1. The van der Waals surface area contributed by atoms with Gasteiger partial charge in [0.15, 0.2) is 5.82 Å². The van der Waals surface area contributed by atoms with E-state index in [-0.39, 0.29) is 18.2 Å². The van der Waals surface area contributed by atoms with Crippen LogP contribution in [0.2, 0.25) is 0 Å². The van der Waals surface area contributed by atoms with E-state index in [0.717, 1.165) is 17.3 Å². The number of benzene rings is 2. The van der Waals surface area contributed by atoms with Crippen LogP contribution in [0.15, 0.2) is 53.7 Å². The fraction of sp³-hybridized carbons (Fsp3) is 0.158. The molecule has 156 valence electrons. The zero-order valence-corrected chi connectivity index (χ0v) is 16.8. The minimum atomic E-state index is -0.427. The lowest BCUT2D eigenvalue weighted by atomic mass is 10.2. The molecule has 11 heteroatoms. The number of aromatic nitrogens is 3. The number of nitrogens with two attached hydrogens (primary N) is 1. The van der Waals surface area contributed by atoms with Crippen molar-refractivity contribution in [1.82, 2.24) is 20.2 Å². The third-order valence-corrected chi connectivity index (χ3v) is 4.86. The zero-order chi connectivity index (χ0) is 21.5. The predicted octanol–water partition coefficient (Wildman–Crippen LogP) is 1.65. The SMILES string of the molecule is COc1ccc(-c2nnc(SCC(=O)NCC(=O)Nc3ccc(F)cc3)n2N)cc1. The van der Waals surface area contributed by atoms with E-state index >= 15 is 0 Å². The summed E-state index contributed by atoms with van der Waals surface area (Å²) in [5, 5.41) is 13.4. The number of hydrogen-bond acceptors (Lipinski definition) is 7. The lowest BCUT2D eigenvalue weighted by Gasteiger charge is -2.07. The van der Waals surface area contributed by atoms with Gasteiger partial charge in [0.1, 0.15) is 11.6 Å². The summed E-state index contributed by atoms with van der Waals surface area (Å²) in [6.45, 7) is -0.219. The van der Waals surface area contributed by atoms with Gasteiger partial charge < -0.3 is 21.2 Å². The van der Waals surface area contributed by atoms with E-state index in [1.165, 1.54) is 28.9 Å². The molecule has 0 spiro atoms. The Morgan fingerprint density at radius 3 is 2.47 bits per heavy atom. The number of methoxy groups -OCH3 is 1. The molecule has 2 amide bonds. The summed E-state index contributed by atoms with van der Waals surface area (Å²) in [6, 6.07) is 12.5. The van der Waals surface area contributed by atoms with Crippen molar-refractivity contribution in [2.45, 2.75) is 5.16 Å². The number of anilines is 1. The molecule has 4 N–H and O–H groups in total. The van der Waals surface area contributed by atoms with Crippen molar-refractivity contribution in [2.75, 3.05) is 30.6 Å². The number of nitrogens with zero attached hydrogens (tertiary/aromatic N) is 3. The van der Waals surface area contributed by atoms with Crippen LogP contribution in [0.1, 0.15) is 0 Å². The smallest absolute Gasteiger partial charge is 0.243 e. The van der Waals surface area contributed by atoms with Gasteiger partial charge in [-0.1, -0.05) is 11.8 Å². The Balaban J connectivity index is 1.48. The molecule has 0 aliphatic carbocycles. The van der Waals surface area contributed by atoms with Crippen molar-refractivity contribution in [3.63, 3.8) is 0 Å². The molecular formula is C19H19FN6O3S. The molecular weight excluding hydrogens is 411 g/mol. The van der Waals surface area contributed by atoms with Gasteiger partial charge in [-0.15, -0.1) is 10.2 Å². The topological polar surface area (TPSA) is 124 Å². The van der Waals surface area contributed by atoms with Gasteiger partial charge in [0.05, 0.1) is 19.4 Å². The second-order valence-electron chi connectivity index (χ2n) is 6.03. The molecule has 0 bridgehead atoms. The number of amides is 2. The minimum Gasteiger partial charge on any atom is -0.497 e. The Bertz CT molecular complexity index is 1020. The van der Waals surface area contributed by atoms with Gasteiger partial charge in [-0.3, -0.25) is 9.59 Å². The van der Waals surface area contributed by atoms with Gasteiger partial charge in [0.2, 0.25) is 17.0 Å². The Morgan fingerprint density at radius 1 is 1.10 bits per heavy atom. The predicted molar refractivity (Wildman–Crippen MR) is 111 cm³/mol. The zero-order valence-electron chi connectivity index (χ0n) is 16.0. The largest absolute Gasteiger partial charge is 0.497 e. The first-order valence-corrected chi connectivity index (χ1v) is 9.74. The van der Waals surface area contributed by atoms with Gasteiger partial charge in [-0.2, -0.15) is 0 Å². The molecule has 0 unspecified atom stereocenters. The lowest BCUT2D eigenvalue weighted by Crippen LogP contribution is -2.34. The average Bonchev–Trinajstić information content (AvgIpc) is 3.12. The third-order valence-electron chi connectivity index (χ3n) is 3.92. The number of carbonyl (C=O) groups is 2. The molecule has 0 fully saturated rings. The molecule has 30 heavy (non-hydrogen) atoms. The fourth-order valence-corrected chi connectivity index (χ4v) is 3.10. The summed E-state index contributed by atoms with van der Waals surface area (Å²) in [4.78, 5) is 23.9. The highest BCUT2D eigenvalue weighted by atomic mass is 32.2. The molecule has 2 aromatic carbocycles. The highest BCUT2D eigenvalue weighted by Crippen LogP contribution is 2.23. The summed E-state index contributed by atoms with van der Waals surface area (Å²) in [5.74, 6) is 5.98. The Kier molecular flexibility index (Phi) is 6.86. The monoisotopic (exact) mass is 430 g/mol. The molecule has 3 rings (SSSR count). The molecule has 0 aliphatic heterocycles. The van der Waals surface area contributed by atoms with Gasteiger partial charge in [-0.05, 0) is 48.5 Å². The second-order valence-corrected chi connectivity index (χ2v) is 6.97. The van der Waals surface area contributed by atoms with Crippen molar-refractivity contribution in [2.24, 2.45) is 0 Å². The molecule has 0 saturated carbocycles. The number of carbonyl (C=O) groups excluding carboxylic acids is 2.